The smallest absolute Gasteiger partial charge is 0.315 e. The maximum absolute atomic E-state index is 12.3. The molecule has 0 fully saturated rings. The Hall–Kier alpha value is -2.82. The van der Waals surface area contributed by atoms with E-state index in [0.29, 0.717) is 18.6 Å². The van der Waals surface area contributed by atoms with Crippen molar-refractivity contribution in [2.75, 3.05) is 13.2 Å². The van der Waals surface area contributed by atoms with Gasteiger partial charge in [-0.2, -0.15) is 0 Å². The molecule has 2 aromatic carbocycles. The van der Waals surface area contributed by atoms with Crippen LogP contribution in [0.5, 0.6) is 5.75 Å². The number of rotatable bonds is 9. The minimum Gasteiger partial charge on any atom is -0.494 e. The number of hydrogen-bond donors (Lipinski definition) is 2. The van der Waals surface area contributed by atoms with Crippen LogP contribution in [-0.2, 0) is 15.0 Å². The largest absolute Gasteiger partial charge is 0.494 e. The number of para-hydroxylation sites is 1. The summed E-state index contributed by atoms with van der Waals surface area (Å²) in [6.45, 7) is 3.89. The molecule has 0 aliphatic rings. The fraction of sp³-hybridized carbons (Fsp3) is 0.333. The first-order chi connectivity index (χ1) is 12.4. The highest BCUT2D eigenvalue weighted by molar-refractivity contribution is 5.83. The van der Waals surface area contributed by atoms with E-state index >= 15 is 0 Å². The quantitative estimate of drug-likeness (QED) is 0.724. The summed E-state index contributed by atoms with van der Waals surface area (Å²) in [5.41, 5.74) is -0.509. The molecule has 1 amide bonds. The molecular weight excluding hydrogens is 330 g/mol. The van der Waals surface area contributed by atoms with E-state index in [0.717, 1.165) is 5.75 Å². The highest BCUT2D eigenvalue weighted by atomic mass is 16.5. The molecule has 0 spiro atoms. The molecule has 0 aliphatic heterocycles. The number of aliphatic carboxylic acids is 1. The van der Waals surface area contributed by atoms with Gasteiger partial charge in [0, 0.05) is 12.5 Å². The van der Waals surface area contributed by atoms with Crippen LogP contribution in [0.3, 0.4) is 0 Å². The molecule has 0 heterocycles. The Kier molecular flexibility index (Phi) is 6.78. The lowest BCUT2D eigenvalue weighted by atomic mass is 9.82. The zero-order valence-electron chi connectivity index (χ0n) is 15.1. The van der Waals surface area contributed by atoms with Crippen LogP contribution in [0.2, 0.25) is 0 Å². The van der Waals surface area contributed by atoms with Crippen molar-refractivity contribution in [1.82, 2.24) is 5.32 Å². The summed E-state index contributed by atoms with van der Waals surface area (Å²) in [5, 5.41) is 12.4. The molecule has 5 heteroatoms. The first-order valence-corrected chi connectivity index (χ1v) is 8.68. The lowest BCUT2D eigenvalue weighted by Gasteiger charge is -2.26. The molecule has 26 heavy (non-hydrogen) atoms. The molecule has 2 atom stereocenters. The third-order valence-electron chi connectivity index (χ3n) is 4.51. The van der Waals surface area contributed by atoms with Gasteiger partial charge in [0.2, 0.25) is 5.91 Å². The molecule has 2 rings (SSSR count). The molecule has 0 saturated carbocycles. The van der Waals surface area contributed by atoms with Gasteiger partial charge in [-0.15, -0.1) is 0 Å². The lowest BCUT2D eigenvalue weighted by molar-refractivity contribution is -0.143. The van der Waals surface area contributed by atoms with Gasteiger partial charge >= 0.3 is 5.97 Å². The van der Waals surface area contributed by atoms with E-state index in [2.05, 4.69) is 5.32 Å². The average molecular weight is 355 g/mol. The average Bonchev–Trinajstić information content (AvgIpc) is 2.67. The van der Waals surface area contributed by atoms with Gasteiger partial charge in [0.15, 0.2) is 0 Å². The van der Waals surface area contributed by atoms with Crippen molar-refractivity contribution in [3.05, 3.63) is 66.2 Å². The first kappa shape index (κ1) is 19.5. The Labute approximate surface area is 154 Å². The van der Waals surface area contributed by atoms with Crippen LogP contribution in [0, 0.1) is 5.92 Å². The van der Waals surface area contributed by atoms with Gasteiger partial charge in [-0.05, 0) is 31.0 Å². The van der Waals surface area contributed by atoms with E-state index in [9.17, 15) is 14.7 Å². The number of nitrogens with one attached hydrogen (secondary N) is 1. The zero-order valence-corrected chi connectivity index (χ0v) is 15.1. The Morgan fingerprint density at radius 3 is 2.23 bits per heavy atom. The van der Waals surface area contributed by atoms with Crippen LogP contribution in [0.15, 0.2) is 60.7 Å². The molecular formula is C21H25NO4. The van der Waals surface area contributed by atoms with Crippen molar-refractivity contribution in [2.24, 2.45) is 5.92 Å². The van der Waals surface area contributed by atoms with Gasteiger partial charge in [-0.1, -0.05) is 55.5 Å². The summed E-state index contributed by atoms with van der Waals surface area (Å²) < 4.78 is 5.61. The summed E-state index contributed by atoms with van der Waals surface area (Å²) in [6, 6.07) is 18.4. The minimum absolute atomic E-state index is 0.0368. The summed E-state index contributed by atoms with van der Waals surface area (Å²) in [7, 11) is 0. The second-order valence-corrected chi connectivity index (χ2v) is 6.57. The molecule has 0 aromatic heterocycles. The van der Waals surface area contributed by atoms with Gasteiger partial charge in [0.05, 0.1) is 6.61 Å². The van der Waals surface area contributed by atoms with Crippen molar-refractivity contribution in [2.45, 2.75) is 25.7 Å². The van der Waals surface area contributed by atoms with E-state index in [4.69, 9.17) is 4.74 Å². The molecule has 5 nitrogen and oxygen atoms in total. The number of carbonyl (C=O) groups excluding carboxylic acids is 1. The van der Waals surface area contributed by atoms with Crippen molar-refractivity contribution in [3.63, 3.8) is 0 Å². The van der Waals surface area contributed by atoms with Crippen LogP contribution in [0.1, 0.15) is 25.8 Å². The molecule has 138 valence electrons. The highest BCUT2D eigenvalue weighted by Gasteiger charge is 2.35. The van der Waals surface area contributed by atoms with Crippen LogP contribution in [0.4, 0.5) is 0 Å². The number of benzene rings is 2. The van der Waals surface area contributed by atoms with Crippen molar-refractivity contribution >= 4 is 11.9 Å². The second kappa shape index (κ2) is 9.04. The molecule has 0 radical (unpaired) electrons. The van der Waals surface area contributed by atoms with Crippen molar-refractivity contribution < 1.29 is 19.4 Å². The van der Waals surface area contributed by atoms with E-state index in [1.165, 1.54) is 0 Å². The normalized spacial score (nSPS) is 14.1. The van der Waals surface area contributed by atoms with Crippen molar-refractivity contribution in [3.8, 4) is 5.75 Å². The Bertz CT molecular complexity index is 717. The standard InChI is InChI=1S/C21H25NO4/c1-16(13-14-26-18-11-7-4-8-12-18)19(23)22-15-21(2,20(24)25)17-9-5-3-6-10-17/h3-12,16H,13-15H2,1-2H3,(H,22,23)(H,24,25). The SMILES string of the molecule is CC(CCOc1ccccc1)C(=O)NCC(C)(C(=O)O)c1ccccc1. The predicted molar refractivity (Wildman–Crippen MR) is 100 cm³/mol. The maximum atomic E-state index is 12.3. The number of carboxylic acid groups (broad SMARTS) is 1. The third-order valence-corrected chi connectivity index (χ3v) is 4.51. The fourth-order valence-electron chi connectivity index (χ4n) is 2.55. The van der Waals surface area contributed by atoms with Gasteiger partial charge in [-0.3, -0.25) is 9.59 Å². The van der Waals surface area contributed by atoms with E-state index in [1.54, 1.807) is 31.2 Å². The zero-order chi connectivity index (χ0) is 19.0. The molecule has 2 aromatic rings. The number of carboxylic acids is 1. The highest BCUT2D eigenvalue weighted by Crippen LogP contribution is 2.23. The topological polar surface area (TPSA) is 75.6 Å². The lowest BCUT2D eigenvalue weighted by Crippen LogP contribution is -2.45. The summed E-state index contributed by atoms with van der Waals surface area (Å²) in [6.07, 6.45) is 0.551. The third kappa shape index (κ3) is 5.09. The van der Waals surface area contributed by atoms with Gasteiger partial charge in [-0.25, -0.2) is 0 Å². The number of carbonyl (C=O) groups is 2. The van der Waals surface area contributed by atoms with Crippen molar-refractivity contribution in [1.29, 1.82) is 0 Å². The predicted octanol–water partition coefficient (Wildman–Crippen LogP) is 3.25. The maximum Gasteiger partial charge on any atom is 0.315 e. The van der Waals surface area contributed by atoms with Gasteiger partial charge in [0.25, 0.3) is 0 Å². The summed E-state index contributed by atoms with van der Waals surface area (Å²) >= 11 is 0. The van der Waals surface area contributed by atoms with Crippen LogP contribution in [0.25, 0.3) is 0 Å². The molecule has 0 aliphatic carbocycles. The number of ether oxygens (including phenoxy) is 1. The Balaban J connectivity index is 1.86. The monoisotopic (exact) mass is 355 g/mol. The molecule has 2 unspecified atom stereocenters. The fourth-order valence-corrected chi connectivity index (χ4v) is 2.55. The number of hydrogen-bond acceptors (Lipinski definition) is 3. The van der Waals surface area contributed by atoms with Crippen LogP contribution < -0.4 is 10.1 Å². The molecule has 2 N–H and O–H groups in total. The first-order valence-electron chi connectivity index (χ1n) is 8.68. The molecule has 0 saturated heterocycles. The van der Waals surface area contributed by atoms with Gasteiger partial charge in [0.1, 0.15) is 11.2 Å². The Morgan fingerprint density at radius 1 is 1.08 bits per heavy atom. The van der Waals surface area contributed by atoms with E-state index < -0.39 is 11.4 Å². The summed E-state index contributed by atoms with van der Waals surface area (Å²) in [5.74, 6) is -0.649. The van der Waals surface area contributed by atoms with E-state index in [1.807, 2.05) is 43.3 Å². The van der Waals surface area contributed by atoms with E-state index in [-0.39, 0.29) is 18.4 Å². The molecule has 0 bridgehead atoms. The minimum atomic E-state index is -1.17. The van der Waals surface area contributed by atoms with Crippen LogP contribution >= 0.6 is 0 Å². The van der Waals surface area contributed by atoms with Gasteiger partial charge < -0.3 is 15.2 Å². The summed E-state index contributed by atoms with van der Waals surface area (Å²) in [4.78, 5) is 24.1. The Morgan fingerprint density at radius 2 is 1.65 bits per heavy atom. The number of amides is 1. The second-order valence-electron chi connectivity index (χ2n) is 6.57. The van der Waals surface area contributed by atoms with Crippen LogP contribution in [-0.4, -0.2) is 30.1 Å².